The van der Waals surface area contributed by atoms with Gasteiger partial charge in [-0.2, -0.15) is 0 Å². The van der Waals surface area contributed by atoms with E-state index in [9.17, 15) is 9.90 Å². The molecule has 4 fully saturated rings. The fourth-order valence-corrected chi connectivity index (χ4v) is 7.45. The zero-order chi connectivity index (χ0) is 15.7. The Balaban J connectivity index is 1.65. The summed E-state index contributed by atoms with van der Waals surface area (Å²) in [5, 5.41) is 10.2. The molecule has 0 heterocycles. The van der Waals surface area contributed by atoms with Crippen molar-refractivity contribution in [1.82, 2.24) is 0 Å². The molecule has 0 aliphatic heterocycles. The van der Waals surface area contributed by atoms with Gasteiger partial charge in [0.2, 0.25) is 0 Å². The lowest BCUT2D eigenvalue weighted by atomic mass is 9.45. The van der Waals surface area contributed by atoms with Crippen molar-refractivity contribution < 1.29 is 9.90 Å². The van der Waals surface area contributed by atoms with E-state index in [1.165, 1.54) is 25.7 Å². The van der Waals surface area contributed by atoms with Gasteiger partial charge in [-0.05, 0) is 79.4 Å². The summed E-state index contributed by atoms with van der Waals surface area (Å²) in [5.74, 6) is 2.97. The first kappa shape index (κ1) is 15.4. The topological polar surface area (TPSA) is 37.3 Å². The summed E-state index contributed by atoms with van der Waals surface area (Å²) in [6, 6.07) is 0. The molecule has 0 spiro atoms. The van der Waals surface area contributed by atoms with E-state index in [-0.39, 0.29) is 28.1 Å². The quantitative estimate of drug-likeness (QED) is 0.679. The molecule has 4 aliphatic rings. The standard InChI is InChI=1S/C19H29ClO2/c1-18-8-7-14-12(13(18)5-6-17(18)22)4-3-11-9-16(21)15(20)10-19(11,14)2/h11-15,17,22H,3-10H2,1-2H3/t11?,12-,13-,14-,15?,17-,18-,19-/m0/s1. The highest BCUT2D eigenvalue weighted by Crippen LogP contribution is 2.66. The summed E-state index contributed by atoms with van der Waals surface area (Å²) in [4.78, 5) is 12.1. The third kappa shape index (κ3) is 1.92. The highest BCUT2D eigenvalue weighted by molar-refractivity contribution is 6.31. The van der Waals surface area contributed by atoms with Crippen LogP contribution in [0.2, 0.25) is 0 Å². The molecule has 22 heavy (non-hydrogen) atoms. The summed E-state index contributed by atoms with van der Waals surface area (Å²) < 4.78 is 0. The van der Waals surface area contributed by atoms with Crippen molar-refractivity contribution in [2.24, 2.45) is 34.5 Å². The van der Waals surface area contributed by atoms with Crippen LogP contribution in [-0.4, -0.2) is 22.4 Å². The summed E-state index contributed by atoms with van der Waals surface area (Å²) in [7, 11) is 0. The van der Waals surface area contributed by atoms with Crippen LogP contribution in [0.4, 0.5) is 0 Å². The SMILES string of the molecule is C[C@]12CC[C@H]3[C@@H](CCC4CC(=O)C(Cl)C[C@@]43C)[C@@H]1CC[C@@H]2O. The van der Waals surface area contributed by atoms with Gasteiger partial charge in [0.25, 0.3) is 0 Å². The zero-order valence-electron chi connectivity index (χ0n) is 13.9. The van der Waals surface area contributed by atoms with Crippen molar-refractivity contribution >= 4 is 17.4 Å². The van der Waals surface area contributed by atoms with Gasteiger partial charge in [-0.25, -0.2) is 0 Å². The van der Waals surface area contributed by atoms with Crippen molar-refractivity contribution in [3.63, 3.8) is 0 Å². The molecule has 124 valence electrons. The van der Waals surface area contributed by atoms with Crippen LogP contribution >= 0.6 is 11.6 Å². The highest BCUT2D eigenvalue weighted by Gasteiger charge is 2.60. The summed E-state index contributed by atoms with van der Waals surface area (Å²) in [6.45, 7) is 4.75. The molecular weight excluding hydrogens is 296 g/mol. The first-order chi connectivity index (χ1) is 10.4. The van der Waals surface area contributed by atoms with Gasteiger partial charge in [0.1, 0.15) is 0 Å². The number of fused-ring (bicyclic) bond motifs is 5. The zero-order valence-corrected chi connectivity index (χ0v) is 14.6. The maximum Gasteiger partial charge on any atom is 0.150 e. The first-order valence-corrected chi connectivity index (χ1v) is 9.65. The van der Waals surface area contributed by atoms with Crippen LogP contribution in [0.5, 0.6) is 0 Å². The van der Waals surface area contributed by atoms with Gasteiger partial charge >= 0.3 is 0 Å². The Labute approximate surface area is 139 Å². The van der Waals surface area contributed by atoms with E-state index in [2.05, 4.69) is 13.8 Å². The van der Waals surface area contributed by atoms with E-state index in [1.54, 1.807) is 0 Å². The maximum absolute atomic E-state index is 12.1. The maximum atomic E-state index is 12.1. The van der Waals surface area contributed by atoms with Gasteiger partial charge in [0.15, 0.2) is 5.78 Å². The molecule has 3 heteroatoms. The lowest BCUT2D eigenvalue weighted by Gasteiger charge is -2.60. The Morgan fingerprint density at radius 2 is 1.77 bits per heavy atom. The Kier molecular flexibility index (Phi) is 3.48. The number of aliphatic hydroxyl groups is 1. The third-order valence-electron chi connectivity index (χ3n) is 8.43. The van der Waals surface area contributed by atoms with Gasteiger partial charge in [-0.1, -0.05) is 13.8 Å². The molecule has 4 rings (SSSR count). The van der Waals surface area contributed by atoms with Crippen molar-refractivity contribution in [2.45, 2.75) is 76.7 Å². The largest absolute Gasteiger partial charge is 0.393 e. The lowest BCUT2D eigenvalue weighted by Crippen LogP contribution is -2.55. The van der Waals surface area contributed by atoms with E-state index in [1.807, 2.05) is 0 Å². The Morgan fingerprint density at radius 1 is 1.05 bits per heavy atom. The molecule has 0 aromatic rings. The number of hydrogen-bond donors (Lipinski definition) is 1. The molecule has 0 saturated heterocycles. The van der Waals surface area contributed by atoms with Crippen LogP contribution in [0.1, 0.15) is 65.2 Å². The molecule has 0 bridgehead atoms. The predicted molar refractivity (Wildman–Crippen MR) is 87.8 cm³/mol. The number of halogens is 1. The van der Waals surface area contributed by atoms with Gasteiger partial charge in [-0.15, -0.1) is 11.6 Å². The van der Waals surface area contributed by atoms with Crippen molar-refractivity contribution in [3.8, 4) is 0 Å². The minimum Gasteiger partial charge on any atom is -0.393 e. The second kappa shape index (κ2) is 4.96. The number of carbonyl (C=O) groups excluding carboxylic acids is 1. The monoisotopic (exact) mass is 324 g/mol. The molecule has 2 nitrogen and oxygen atoms in total. The van der Waals surface area contributed by atoms with Crippen molar-refractivity contribution in [1.29, 1.82) is 0 Å². The number of alkyl halides is 1. The van der Waals surface area contributed by atoms with E-state index < -0.39 is 0 Å². The fraction of sp³-hybridized carbons (Fsp3) is 0.947. The van der Waals surface area contributed by atoms with Gasteiger partial charge < -0.3 is 5.11 Å². The van der Waals surface area contributed by atoms with Gasteiger partial charge in [0, 0.05) is 6.42 Å². The van der Waals surface area contributed by atoms with Crippen molar-refractivity contribution in [2.75, 3.05) is 0 Å². The molecule has 8 atom stereocenters. The molecule has 4 saturated carbocycles. The van der Waals surface area contributed by atoms with E-state index in [0.717, 1.165) is 25.2 Å². The van der Waals surface area contributed by atoms with Gasteiger partial charge in [0.05, 0.1) is 11.5 Å². The molecule has 0 radical (unpaired) electrons. The van der Waals surface area contributed by atoms with Crippen LogP contribution in [0.15, 0.2) is 0 Å². The second-order valence-electron chi connectivity index (χ2n) is 9.14. The van der Waals surface area contributed by atoms with Crippen molar-refractivity contribution in [3.05, 3.63) is 0 Å². The van der Waals surface area contributed by atoms with Crippen LogP contribution in [0, 0.1) is 34.5 Å². The normalized spacial score (nSPS) is 57.9. The molecule has 2 unspecified atom stereocenters. The van der Waals surface area contributed by atoms with E-state index >= 15 is 0 Å². The number of ketones is 1. The Hall–Kier alpha value is -0.0800. The molecular formula is C19H29ClO2. The molecule has 0 amide bonds. The van der Waals surface area contributed by atoms with Crippen LogP contribution in [0.25, 0.3) is 0 Å². The number of carbonyl (C=O) groups is 1. The average molecular weight is 325 g/mol. The Bertz CT molecular complexity index is 492. The average Bonchev–Trinajstić information content (AvgIpc) is 2.77. The van der Waals surface area contributed by atoms with Crippen LogP contribution in [0.3, 0.4) is 0 Å². The third-order valence-corrected chi connectivity index (χ3v) is 8.83. The van der Waals surface area contributed by atoms with Crippen LogP contribution in [-0.2, 0) is 4.79 Å². The number of aliphatic hydroxyl groups excluding tert-OH is 1. The smallest absolute Gasteiger partial charge is 0.150 e. The highest BCUT2D eigenvalue weighted by atomic mass is 35.5. The van der Waals surface area contributed by atoms with E-state index in [0.29, 0.717) is 24.2 Å². The summed E-state index contributed by atoms with van der Waals surface area (Å²) in [6.07, 6.45) is 8.50. The number of hydrogen-bond acceptors (Lipinski definition) is 2. The minimum atomic E-state index is -0.262. The molecule has 4 aliphatic carbocycles. The minimum absolute atomic E-state index is 0.0994. The Morgan fingerprint density at radius 3 is 2.55 bits per heavy atom. The van der Waals surface area contributed by atoms with Gasteiger partial charge in [-0.3, -0.25) is 4.79 Å². The molecule has 0 aromatic carbocycles. The fourth-order valence-electron chi connectivity index (χ4n) is 7.03. The molecule has 1 N–H and O–H groups in total. The second-order valence-corrected chi connectivity index (χ2v) is 9.66. The number of rotatable bonds is 0. The number of Topliss-reactive ketones (excluding diaryl/α,β-unsaturated/α-hetero) is 1. The summed E-state index contributed by atoms with van der Waals surface area (Å²) in [5.41, 5.74) is 0.396. The predicted octanol–water partition coefficient (Wildman–Crippen LogP) is 4.18. The first-order valence-electron chi connectivity index (χ1n) is 9.21. The van der Waals surface area contributed by atoms with E-state index in [4.69, 9.17) is 11.6 Å². The lowest BCUT2D eigenvalue weighted by molar-refractivity contribution is -0.141. The van der Waals surface area contributed by atoms with Crippen LogP contribution < -0.4 is 0 Å². The summed E-state index contributed by atoms with van der Waals surface area (Å²) >= 11 is 6.38. The molecule has 0 aromatic heterocycles.